The number of hydrogen-bond acceptors (Lipinski definition) is 6. The third kappa shape index (κ3) is 3.71. The number of rotatable bonds is 3. The third-order valence-corrected chi connectivity index (χ3v) is 7.37. The molecule has 1 saturated carbocycles. The highest BCUT2D eigenvalue weighted by molar-refractivity contribution is 5.94. The molecule has 6 rings (SSSR count). The average Bonchev–Trinajstić information content (AvgIpc) is 3.57. The lowest BCUT2D eigenvalue weighted by molar-refractivity contribution is -0.181. The Labute approximate surface area is 197 Å². The highest BCUT2D eigenvalue weighted by Crippen LogP contribution is 2.33. The summed E-state index contributed by atoms with van der Waals surface area (Å²) >= 11 is 0. The Morgan fingerprint density at radius 3 is 2.41 bits per heavy atom. The maximum atomic E-state index is 13.5. The van der Waals surface area contributed by atoms with Gasteiger partial charge in [0, 0.05) is 49.3 Å². The molecule has 8 nitrogen and oxygen atoms in total. The largest absolute Gasteiger partial charge is 0.347 e. The van der Waals surface area contributed by atoms with E-state index in [0.717, 1.165) is 25.7 Å². The lowest BCUT2D eigenvalue weighted by Crippen LogP contribution is -2.47. The second-order valence-electron chi connectivity index (χ2n) is 9.40. The summed E-state index contributed by atoms with van der Waals surface area (Å²) in [4.78, 5) is 37.6. The van der Waals surface area contributed by atoms with Crippen molar-refractivity contribution in [3.63, 3.8) is 0 Å². The van der Waals surface area contributed by atoms with Gasteiger partial charge in [0.15, 0.2) is 11.4 Å². The maximum absolute atomic E-state index is 13.5. The van der Waals surface area contributed by atoms with Crippen molar-refractivity contribution < 1.29 is 14.3 Å². The normalized spacial score (nSPS) is 20.4. The van der Waals surface area contributed by atoms with Crippen molar-refractivity contribution in [3.05, 3.63) is 58.5 Å². The summed E-state index contributed by atoms with van der Waals surface area (Å²) in [6.07, 6.45) is 7.29. The van der Waals surface area contributed by atoms with Crippen LogP contribution in [0.1, 0.15) is 54.9 Å². The first-order valence-electron chi connectivity index (χ1n) is 12.2. The zero-order valence-corrected chi connectivity index (χ0v) is 19.1. The standard InChI is InChI=1S/C26H28N4O4/c31-24(29-14-11-26(12-15-29)33-16-17-34-26)19-9-7-18(8-10-19)22-25(32)30(20-4-1-2-5-20)23-21(28-22)6-3-13-27-23/h3,6-10,13,20H,1-2,4-5,11-12,14-17H2. The Balaban J connectivity index is 1.28. The van der Waals surface area contributed by atoms with Crippen LogP contribution in [0.15, 0.2) is 47.4 Å². The van der Waals surface area contributed by atoms with Gasteiger partial charge < -0.3 is 14.4 Å². The molecule has 0 radical (unpaired) electrons. The number of nitrogens with zero attached hydrogens (tertiary/aromatic N) is 4. The first kappa shape index (κ1) is 21.4. The van der Waals surface area contributed by atoms with Crippen LogP contribution in [-0.4, -0.2) is 57.4 Å². The molecule has 3 fully saturated rings. The van der Waals surface area contributed by atoms with E-state index in [4.69, 9.17) is 9.47 Å². The number of hydrogen-bond donors (Lipinski definition) is 0. The van der Waals surface area contributed by atoms with Gasteiger partial charge in [-0.25, -0.2) is 9.97 Å². The Kier molecular flexibility index (Phi) is 5.42. The fraction of sp³-hybridized carbons (Fsp3) is 0.462. The fourth-order valence-corrected chi connectivity index (χ4v) is 5.52. The fourth-order valence-electron chi connectivity index (χ4n) is 5.52. The summed E-state index contributed by atoms with van der Waals surface area (Å²) in [6.45, 7) is 2.45. The molecule has 1 amide bonds. The van der Waals surface area contributed by atoms with Gasteiger partial charge in [-0.3, -0.25) is 14.2 Å². The quantitative estimate of drug-likeness (QED) is 0.594. The third-order valence-electron chi connectivity index (χ3n) is 7.37. The van der Waals surface area contributed by atoms with E-state index in [2.05, 4.69) is 9.97 Å². The first-order chi connectivity index (χ1) is 16.6. The molecule has 34 heavy (non-hydrogen) atoms. The van der Waals surface area contributed by atoms with Crippen molar-refractivity contribution in [2.75, 3.05) is 26.3 Å². The van der Waals surface area contributed by atoms with Crippen molar-refractivity contribution in [1.82, 2.24) is 19.4 Å². The lowest BCUT2D eigenvalue weighted by atomic mass is 10.0. The van der Waals surface area contributed by atoms with Crippen LogP contribution in [0.5, 0.6) is 0 Å². The number of aromatic nitrogens is 3. The molecule has 3 aliphatic rings. The van der Waals surface area contributed by atoms with Gasteiger partial charge in [0.25, 0.3) is 11.5 Å². The zero-order valence-electron chi connectivity index (χ0n) is 19.1. The van der Waals surface area contributed by atoms with Crippen LogP contribution < -0.4 is 5.56 Å². The molecule has 2 aromatic heterocycles. The van der Waals surface area contributed by atoms with Gasteiger partial charge in [-0.15, -0.1) is 0 Å². The van der Waals surface area contributed by atoms with E-state index in [9.17, 15) is 9.59 Å². The van der Waals surface area contributed by atoms with Gasteiger partial charge in [-0.05, 0) is 37.1 Å². The van der Waals surface area contributed by atoms with Crippen LogP contribution in [0.4, 0.5) is 0 Å². The molecular formula is C26H28N4O4. The molecule has 0 bridgehead atoms. The summed E-state index contributed by atoms with van der Waals surface area (Å²) in [6, 6.07) is 11.1. The number of pyridine rings is 1. The van der Waals surface area contributed by atoms with Crippen molar-refractivity contribution in [2.24, 2.45) is 0 Å². The molecule has 2 saturated heterocycles. The van der Waals surface area contributed by atoms with E-state index in [0.29, 0.717) is 67.1 Å². The number of ether oxygens (including phenoxy) is 2. The van der Waals surface area contributed by atoms with Crippen molar-refractivity contribution >= 4 is 17.1 Å². The van der Waals surface area contributed by atoms with E-state index >= 15 is 0 Å². The first-order valence-corrected chi connectivity index (χ1v) is 12.2. The minimum atomic E-state index is -0.504. The topological polar surface area (TPSA) is 86.5 Å². The number of fused-ring (bicyclic) bond motifs is 1. The predicted octanol–water partition coefficient (Wildman–Crippen LogP) is 3.55. The van der Waals surface area contributed by atoms with Crippen LogP contribution in [0.3, 0.4) is 0 Å². The minimum absolute atomic E-state index is 0.0153. The predicted molar refractivity (Wildman–Crippen MR) is 127 cm³/mol. The SMILES string of the molecule is O=C(c1ccc(-c2nc3cccnc3n(C3CCCC3)c2=O)cc1)N1CCC2(CC1)OCCO2. The Morgan fingerprint density at radius 1 is 1.00 bits per heavy atom. The van der Waals surface area contributed by atoms with Crippen LogP contribution >= 0.6 is 0 Å². The Hall–Kier alpha value is -3.10. The van der Waals surface area contributed by atoms with Gasteiger partial charge in [0.05, 0.1) is 13.2 Å². The molecule has 176 valence electrons. The molecule has 1 spiro atoms. The Bertz CT molecular complexity index is 1260. The summed E-state index contributed by atoms with van der Waals surface area (Å²) in [5, 5.41) is 0. The van der Waals surface area contributed by atoms with E-state index < -0.39 is 5.79 Å². The molecular weight excluding hydrogens is 432 g/mol. The van der Waals surface area contributed by atoms with Crippen molar-refractivity contribution in [2.45, 2.75) is 50.4 Å². The number of carbonyl (C=O) groups is 1. The molecule has 0 unspecified atom stereocenters. The second kappa shape index (κ2) is 8.60. The van der Waals surface area contributed by atoms with Crippen LogP contribution in [-0.2, 0) is 9.47 Å². The minimum Gasteiger partial charge on any atom is -0.347 e. The van der Waals surface area contributed by atoms with Crippen molar-refractivity contribution in [1.29, 1.82) is 0 Å². The van der Waals surface area contributed by atoms with Crippen LogP contribution in [0, 0.1) is 0 Å². The average molecular weight is 461 g/mol. The van der Waals surface area contributed by atoms with Crippen molar-refractivity contribution in [3.8, 4) is 11.3 Å². The van der Waals surface area contributed by atoms with Gasteiger partial charge in [0.1, 0.15) is 11.2 Å². The van der Waals surface area contributed by atoms with E-state index in [1.807, 2.05) is 33.7 Å². The van der Waals surface area contributed by atoms with Gasteiger partial charge in [0.2, 0.25) is 0 Å². The van der Waals surface area contributed by atoms with Crippen LogP contribution in [0.25, 0.3) is 22.4 Å². The molecule has 1 aromatic carbocycles. The van der Waals surface area contributed by atoms with Gasteiger partial charge >= 0.3 is 0 Å². The Morgan fingerprint density at radius 2 is 1.71 bits per heavy atom. The molecule has 4 heterocycles. The number of carbonyl (C=O) groups excluding carboxylic acids is 1. The molecule has 8 heteroatoms. The molecule has 0 N–H and O–H groups in total. The number of piperidine rings is 1. The maximum Gasteiger partial charge on any atom is 0.278 e. The number of likely N-dealkylation sites (tertiary alicyclic amines) is 1. The molecule has 2 aliphatic heterocycles. The highest BCUT2D eigenvalue weighted by Gasteiger charge is 2.40. The van der Waals surface area contributed by atoms with E-state index in [1.54, 1.807) is 18.3 Å². The zero-order chi connectivity index (χ0) is 23.1. The number of amides is 1. The van der Waals surface area contributed by atoms with Gasteiger partial charge in [-0.2, -0.15) is 0 Å². The highest BCUT2D eigenvalue weighted by atomic mass is 16.7. The van der Waals surface area contributed by atoms with Crippen LogP contribution in [0.2, 0.25) is 0 Å². The molecule has 3 aromatic rings. The molecule has 1 aliphatic carbocycles. The number of benzene rings is 1. The van der Waals surface area contributed by atoms with Gasteiger partial charge in [-0.1, -0.05) is 25.0 Å². The smallest absolute Gasteiger partial charge is 0.278 e. The van der Waals surface area contributed by atoms with E-state index in [1.165, 1.54) is 0 Å². The monoisotopic (exact) mass is 460 g/mol. The lowest BCUT2D eigenvalue weighted by Gasteiger charge is -2.37. The summed E-state index contributed by atoms with van der Waals surface area (Å²) in [7, 11) is 0. The summed E-state index contributed by atoms with van der Waals surface area (Å²) in [5.41, 5.74) is 2.96. The summed E-state index contributed by atoms with van der Waals surface area (Å²) in [5.74, 6) is -0.519. The summed E-state index contributed by atoms with van der Waals surface area (Å²) < 4.78 is 13.4. The molecule has 0 atom stereocenters. The van der Waals surface area contributed by atoms with E-state index in [-0.39, 0.29) is 17.5 Å². The second-order valence-corrected chi connectivity index (χ2v) is 9.40.